The molecule has 8 nitrogen and oxygen atoms in total. The van der Waals surface area contributed by atoms with Gasteiger partial charge in [0.05, 0.1) is 24.1 Å². The number of carbonyl (C=O) groups excluding carboxylic acids is 2. The van der Waals surface area contributed by atoms with Gasteiger partial charge in [-0.05, 0) is 30.9 Å². The van der Waals surface area contributed by atoms with Gasteiger partial charge < -0.3 is 14.8 Å². The number of thiophene rings is 1. The molecule has 0 radical (unpaired) electrons. The highest BCUT2D eigenvalue weighted by Crippen LogP contribution is 2.29. The summed E-state index contributed by atoms with van der Waals surface area (Å²) in [5.41, 5.74) is -0.0603. The second kappa shape index (κ2) is 8.95. The van der Waals surface area contributed by atoms with Gasteiger partial charge in [-0.15, -0.1) is 11.3 Å². The summed E-state index contributed by atoms with van der Waals surface area (Å²) in [6, 6.07) is 7.65. The summed E-state index contributed by atoms with van der Waals surface area (Å²) in [6.07, 6.45) is -0.336. The van der Waals surface area contributed by atoms with Crippen LogP contribution in [0.1, 0.15) is 18.2 Å². The van der Waals surface area contributed by atoms with Gasteiger partial charge in [0.1, 0.15) is 5.75 Å². The van der Waals surface area contributed by atoms with Gasteiger partial charge in [0.15, 0.2) is 6.10 Å². The second-order valence-corrected chi connectivity index (χ2v) is 6.37. The molecule has 2 rings (SSSR count). The fraction of sp³-hybridized carbons (Fsp3) is 0.294. The van der Waals surface area contributed by atoms with Gasteiger partial charge in [-0.1, -0.05) is 6.07 Å². The van der Waals surface area contributed by atoms with Crippen LogP contribution in [0.15, 0.2) is 35.7 Å². The molecule has 26 heavy (non-hydrogen) atoms. The Balaban J connectivity index is 1.94. The van der Waals surface area contributed by atoms with E-state index >= 15 is 0 Å². The Kier molecular flexibility index (Phi) is 6.67. The Morgan fingerprint density at radius 3 is 2.73 bits per heavy atom. The summed E-state index contributed by atoms with van der Waals surface area (Å²) in [4.78, 5) is 35.4. The number of anilines is 1. The third-order valence-corrected chi connectivity index (χ3v) is 4.42. The van der Waals surface area contributed by atoms with Crippen LogP contribution < -0.4 is 10.1 Å². The number of ether oxygens (including phenoxy) is 2. The molecule has 0 fully saturated rings. The van der Waals surface area contributed by atoms with Crippen LogP contribution in [0.4, 0.5) is 11.4 Å². The average molecular weight is 378 g/mol. The molecular weight excluding hydrogens is 360 g/mol. The van der Waals surface area contributed by atoms with Crippen LogP contribution in [-0.4, -0.2) is 30.0 Å². The molecule has 0 saturated heterocycles. The minimum absolute atomic E-state index is 0.133. The van der Waals surface area contributed by atoms with E-state index in [1.54, 1.807) is 11.3 Å². The largest absolute Gasteiger partial charge is 0.495 e. The van der Waals surface area contributed by atoms with Crippen molar-refractivity contribution in [3.63, 3.8) is 0 Å². The van der Waals surface area contributed by atoms with Crippen molar-refractivity contribution in [3.05, 3.63) is 50.7 Å². The molecule has 1 N–H and O–H groups in total. The Labute approximate surface area is 153 Å². The molecular formula is C17H18N2O6S. The number of benzene rings is 1. The molecule has 1 aromatic carbocycles. The van der Waals surface area contributed by atoms with E-state index in [-0.39, 0.29) is 23.5 Å². The normalized spacial score (nSPS) is 11.5. The monoisotopic (exact) mass is 378 g/mol. The standard InChI is InChI=1S/C17H18N2O6S/c1-11(25-16(20)8-6-13-4-3-9-26-13)17(21)18-14-10-12(19(22)23)5-7-15(14)24-2/h3-5,7,9-11H,6,8H2,1-2H3,(H,18,21)/t11-/m1/s1. The van der Waals surface area contributed by atoms with Gasteiger partial charge in [0.25, 0.3) is 11.6 Å². The van der Waals surface area contributed by atoms with Crippen LogP contribution in [-0.2, 0) is 20.7 Å². The lowest BCUT2D eigenvalue weighted by Gasteiger charge is -2.15. The Hall–Kier alpha value is -2.94. The molecule has 9 heteroatoms. The van der Waals surface area contributed by atoms with Gasteiger partial charge in [0.2, 0.25) is 0 Å². The average Bonchev–Trinajstić information content (AvgIpc) is 3.13. The van der Waals surface area contributed by atoms with Crippen LogP contribution in [0.5, 0.6) is 5.75 Å². The van der Waals surface area contributed by atoms with Gasteiger partial charge in [-0.3, -0.25) is 19.7 Å². The number of hydrogen-bond acceptors (Lipinski definition) is 7. The van der Waals surface area contributed by atoms with E-state index in [1.807, 2.05) is 17.5 Å². The van der Waals surface area contributed by atoms with Gasteiger partial charge in [-0.2, -0.15) is 0 Å². The van der Waals surface area contributed by atoms with Gasteiger partial charge >= 0.3 is 5.97 Å². The van der Waals surface area contributed by atoms with Crippen molar-refractivity contribution in [2.75, 3.05) is 12.4 Å². The lowest BCUT2D eigenvalue weighted by atomic mass is 10.2. The van der Waals surface area contributed by atoms with Crippen molar-refractivity contribution in [3.8, 4) is 5.75 Å². The number of carbonyl (C=O) groups is 2. The van der Waals surface area contributed by atoms with E-state index < -0.39 is 22.9 Å². The van der Waals surface area contributed by atoms with Crippen molar-refractivity contribution in [1.82, 2.24) is 0 Å². The Bertz CT molecular complexity index is 791. The zero-order valence-electron chi connectivity index (χ0n) is 14.3. The second-order valence-electron chi connectivity index (χ2n) is 5.34. The number of methoxy groups -OCH3 is 1. The Morgan fingerprint density at radius 2 is 2.12 bits per heavy atom. The number of nitro benzene ring substituents is 1. The highest BCUT2D eigenvalue weighted by molar-refractivity contribution is 7.09. The predicted octanol–water partition coefficient (Wildman–Crippen LogP) is 3.17. The first-order valence-electron chi connectivity index (χ1n) is 7.76. The minimum atomic E-state index is -1.05. The number of nitrogens with zero attached hydrogens (tertiary/aromatic N) is 1. The number of nitrogens with one attached hydrogen (secondary N) is 1. The summed E-state index contributed by atoms with van der Waals surface area (Å²) in [5, 5.41) is 15.3. The zero-order chi connectivity index (χ0) is 19.1. The summed E-state index contributed by atoms with van der Waals surface area (Å²) < 4.78 is 10.2. The zero-order valence-corrected chi connectivity index (χ0v) is 15.1. The Morgan fingerprint density at radius 1 is 1.35 bits per heavy atom. The molecule has 0 saturated carbocycles. The summed E-state index contributed by atoms with van der Waals surface area (Å²) in [5.74, 6) is -0.833. The van der Waals surface area contributed by atoms with E-state index in [1.165, 1.54) is 32.2 Å². The maximum Gasteiger partial charge on any atom is 0.306 e. The van der Waals surface area contributed by atoms with E-state index in [4.69, 9.17) is 9.47 Å². The molecule has 0 unspecified atom stereocenters. The third-order valence-electron chi connectivity index (χ3n) is 3.48. The van der Waals surface area contributed by atoms with Gasteiger partial charge in [-0.25, -0.2) is 0 Å². The fourth-order valence-electron chi connectivity index (χ4n) is 2.13. The topological polar surface area (TPSA) is 108 Å². The molecule has 1 heterocycles. The molecule has 0 spiro atoms. The highest BCUT2D eigenvalue weighted by Gasteiger charge is 2.20. The van der Waals surface area contributed by atoms with E-state index in [0.717, 1.165) is 4.88 Å². The molecule has 0 bridgehead atoms. The van der Waals surface area contributed by atoms with Crippen LogP contribution in [0, 0.1) is 10.1 Å². The molecule has 0 aliphatic carbocycles. The number of nitro groups is 1. The lowest BCUT2D eigenvalue weighted by Crippen LogP contribution is -2.30. The SMILES string of the molecule is COc1ccc([N+](=O)[O-])cc1NC(=O)[C@@H](C)OC(=O)CCc1cccs1. The first kappa shape index (κ1) is 19.4. The van der Waals surface area contributed by atoms with Crippen LogP contribution in [0.3, 0.4) is 0 Å². The minimum Gasteiger partial charge on any atom is -0.495 e. The number of hydrogen-bond donors (Lipinski definition) is 1. The summed E-state index contributed by atoms with van der Waals surface area (Å²) >= 11 is 1.54. The molecule has 2 aromatic rings. The fourth-order valence-corrected chi connectivity index (χ4v) is 2.84. The van der Waals surface area contributed by atoms with Crippen LogP contribution in [0.25, 0.3) is 0 Å². The van der Waals surface area contributed by atoms with Crippen molar-refractivity contribution < 1.29 is 24.0 Å². The number of non-ortho nitro benzene ring substituents is 1. The number of esters is 1. The molecule has 138 valence electrons. The molecule has 0 aliphatic rings. The smallest absolute Gasteiger partial charge is 0.306 e. The quantitative estimate of drug-likeness (QED) is 0.429. The highest BCUT2D eigenvalue weighted by atomic mass is 32.1. The first-order valence-corrected chi connectivity index (χ1v) is 8.64. The van der Waals surface area contributed by atoms with E-state index in [2.05, 4.69) is 5.32 Å². The van der Waals surface area contributed by atoms with Crippen molar-refractivity contribution in [1.29, 1.82) is 0 Å². The van der Waals surface area contributed by atoms with Crippen LogP contribution in [0.2, 0.25) is 0 Å². The van der Waals surface area contributed by atoms with Gasteiger partial charge in [0, 0.05) is 17.0 Å². The summed E-state index contributed by atoms with van der Waals surface area (Å²) in [6.45, 7) is 1.43. The van der Waals surface area contributed by atoms with E-state index in [0.29, 0.717) is 6.42 Å². The number of aryl methyl sites for hydroxylation is 1. The lowest BCUT2D eigenvalue weighted by molar-refractivity contribution is -0.384. The molecule has 1 aromatic heterocycles. The van der Waals surface area contributed by atoms with Crippen LogP contribution >= 0.6 is 11.3 Å². The molecule has 1 atom stereocenters. The van der Waals surface area contributed by atoms with Crippen molar-refractivity contribution in [2.24, 2.45) is 0 Å². The number of amides is 1. The van der Waals surface area contributed by atoms with E-state index in [9.17, 15) is 19.7 Å². The van der Waals surface area contributed by atoms with Crippen molar-refractivity contribution in [2.45, 2.75) is 25.9 Å². The van der Waals surface area contributed by atoms with Crippen molar-refractivity contribution >= 4 is 34.6 Å². The first-order chi connectivity index (χ1) is 12.4. The number of rotatable bonds is 8. The summed E-state index contributed by atoms with van der Waals surface area (Å²) in [7, 11) is 1.38. The maximum atomic E-state index is 12.2. The maximum absolute atomic E-state index is 12.2. The molecule has 0 aliphatic heterocycles. The predicted molar refractivity (Wildman–Crippen MR) is 96.5 cm³/mol. The third kappa shape index (κ3) is 5.28. The molecule has 1 amide bonds.